The maximum Gasteiger partial charge on any atom is 0.293 e. The molecule has 76 valence electrons. The first-order valence-corrected chi connectivity index (χ1v) is 5.14. The van der Waals surface area contributed by atoms with Crippen LogP contribution in [0.15, 0.2) is 17.2 Å². The summed E-state index contributed by atoms with van der Waals surface area (Å²) in [5.41, 5.74) is 0.0171. The summed E-state index contributed by atoms with van der Waals surface area (Å²) in [6, 6.07) is 0.424. The van der Waals surface area contributed by atoms with E-state index in [9.17, 15) is 4.79 Å². The molecule has 1 N–H and O–H groups in total. The lowest BCUT2D eigenvalue weighted by atomic mass is 10.4. The second kappa shape index (κ2) is 3.82. The molecule has 0 atom stereocenters. The molecular formula is C10H15N3O. The van der Waals surface area contributed by atoms with Gasteiger partial charge >= 0.3 is 0 Å². The van der Waals surface area contributed by atoms with Crippen molar-refractivity contribution in [1.82, 2.24) is 9.55 Å². The van der Waals surface area contributed by atoms with E-state index in [4.69, 9.17) is 0 Å². The maximum absolute atomic E-state index is 11.8. The van der Waals surface area contributed by atoms with Gasteiger partial charge in [-0.15, -0.1) is 0 Å². The molecule has 1 aromatic rings. The molecule has 0 bridgehead atoms. The Hall–Kier alpha value is -1.32. The third kappa shape index (κ3) is 1.78. The molecule has 1 heterocycles. The van der Waals surface area contributed by atoms with E-state index in [0.717, 1.165) is 25.8 Å². The summed E-state index contributed by atoms with van der Waals surface area (Å²) in [7, 11) is 0. The fourth-order valence-electron chi connectivity index (χ4n) is 1.43. The van der Waals surface area contributed by atoms with Crippen LogP contribution < -0.4 is 10.9 Å². The van der Waals surface area contributed by atoms with Crippen molar-refractivity contribution >= 4 is 5.82 Å². The highest BCUT2D eigenvalue weighted by Crippen LogP contribution is 2.33. The molecule has 0 saturated heterocycles. The van der Waals surface area contributed by atoms with Gasteiger partial charge in [-0.2, -0.15) is 0 Å². The summed E-state index contributed by atoms with van der Waals surface area (Å²) in [4.78, 5) is 15.8. The lowest BCUT2D eigenvalue weighted by Crippen LogP contribution is -2.23. The molecule has 1 saturated carbocycles. The quantitative estimate of drug-likeness (QED) is 0.786. The van der Waals surface area contributed by atoms with Gasteiger partial charge in [0.25, 0.3) is 5.56 Å². The van der Waals surface area contributed by atoms with Gasteiger partial charge in [0.1, 0.15) is 0 Å². The van der Waals surface area contributed by atoms with Crippen molar-refractivity contribution in [3.63, 3.8) is 0 Å². The number of aromatic nitrogens is 2. The Morgan fingerprint density at radius 3 is 3.07 bits per heavy atom. The van der Waals surface area contributed by atoms with Crippen LogP contribution in [0, 0.1) is 0 Å². The minimum atomic E-state index is 0.0171. The molecule has 4 heteroatoms. The minimum Gasteiger partial charge on any atom is -0.365 e. The van der Waals surface area contributed by atoms with E-state index >= 15 is 0 Å². The van der Waals surface area contributed by atoms with Gasteiger partial charge in [0.05, 0.1) is 0 Å². The van der Waals surface area contributed by atoms with Crippen LogP contribution in [-0.2, 0) is 0 Å². The molecule has 0 spiro atoms. The second-order valence-electron chi connectivity index (χ2n) is 3.65. The van der Waals surface area contributed by atoms with Gasteiger partial charge in [-0.1, -0.05) is 6.92 Å². The second-order valence-corrected chi connectivity index (χ2v) is 3.65. The fraction of sp³-hybridized carbons (Fsp3) is 0.600. The number of nitrogens with zero attached hydrogens (tertiary/aromatic N) is 2. The van der Waals surface area contributed by atoms with Crippen molar-refractivity contribution in [2.45, 2.75) is 32.2 Å². The predicted octanol–water partition coefficient (Wildman–Crippen LogP) is 1.40. The van der Waals surface area contributed by atoms with Gasteiger partial charge in [0.2, 0.25) is 0 Å². The molecule has 0 radical (unpaired) electrons. The molecule has 1 aromatic heterocycles. The number of anilines is 1. The average Bonchev–Trinajstić information content (AvgIpc) is 3.00. The zero-order valence-electron chi connectivity index (χ0n) is 8.36. The lowest BCUT2D eigenvalue weighted by Gasteiger charge is -2.06. The van der Waals surface area contributed by atoms with E-state index in [2.05, 4.69) is 17.2 Å². The summed E-state index contributed by atoms with van der Waals surface area (Å²) < 4.78 is 1.78. The smallest absolute Gasteiger partial charge is 0.293 e. The minimum absolute atomic E-state index is 0.0171. The van der Waals surface area contributed by atoms with Crippen LogP contribution >= 0.6 is 0 Å². The molecular weight excluding hydrogens is 178 g/mol. The van der Waals surface area contributed by atoms with Crippen LogP contribution in [0.2, 0.25) is 0 Å². The summed E-state index contributed by atoms with van der Waals surface area (Å²) in [6.45, 7) is 2.87. The zero-order chi connectivity index (χ0) is 9.97. The molecule has 1 aliphatic carbocycles. The lowest BCUT2D eigenvalue weighted by molar-refractivity contribution is 0.699. The Balaban J connectivity index is 2.22. The first-order valence-electron chi connectivity index (χ1n) is 5.14. The molecule has 1 aliphatic rings. The van der Waals surface area contributed by atoms with Crippen LogP contribution in [0.5, 0.6) is 0 Å². The standard InChI is InChI=1S/C10H15N3O/c1-2-5-11-9-10(14)13(7-6-12-9)8-3-4-8/h6-8H,2-5H2,1H3,(H,11,12). The Labute approximate surface area is 83.0 Å². The van der Waals surface area contributed by atoms with Gasteiger partial charge in [-0.25, -0.2) is 4.98 Å². The molecule has 0 unspecified atom stereocenters. The summed E-state index contributed by atoms with van der Waals surface area (Å²) in [6.07, 6.45) is 6.71. The van der Waals surface area contributed by atoms with Crippen molar-refractivity contribution < 1.29 is 0 Å². The van der Waals surface area contributed by atoms with Crippen LogP contribution in [0.1, 0.15) is 32.2 Å². The third-order valence-corrected chi connectivity index (χ3v) is 2.35. The molecule has 0 aliphatic heterocycles. The zero-order valence-corrected chi connectivity index (χ0v) is 8.36. The SMILES string of the molecule is CCCNc1nccn(C2CC2)c1=O. The van der Waals surface area contributed by atoms with E-state index in [1.807, 2.05) is 0 Å². The van der Waals surface area contributed by atoms with Gasteiger partial charge in [-0.3, -0.25) is 4.79 Å². The summed E-state index contributed by atoms with van der Waals surface area (Å²) in [5, 5.41) is 3.04. The van der Waals surface area contributed by atoms with E-state index < -0.39 is 0 Å². The monoisotopic (exact) mass is 193 g/mol. The van der Waals surface area contributed by atoms with E-state index in [-0.39, 0.29) is 5.56 Å². The Bertz CT molecular complexity index is 368. The van der Waals surface area contributed by atoms with Crippen LogP contribution in [0.4, 0.5) is 5.82 Å². The molecule has 1 fully saturated rings. The number of nitrogens with one attached hydrogen (secondary N) is 1. The van der Waals surface area contributed by atoms with Crippen LogP contribution in [0.3, 0.4) is 0 Å². The summed E-state index contributed by atoms with van der Waals surface area (Å²) in [5.74, 6) is 0.487. The van der Waals surface area contributed by atoms with Crippen molar-refractivity contribution in [2.24, 2.45) is 0 Å². The maximum atomic E-state index is 11.8. The fourth-order valence-corrected chi connectivity index (χ4v) is 1.43. The highest BCUT2D eigenvalue weighted by atomic mass is 16.1. The van der Waals surface area contributed by atoms with Gasteiger partial charge in [-0.05, 0) is 19.3 Å². The van der Waals surface area contributed by atoms with Crippen molar-refractivity contribution in [1.29, 1.82) is 0 Å². The molecule has 4 nitrogen and oxygen atoms in total. The number of rotatable bonds is 4. The average molecular weight is 193 g/mol. The Morgan fingerprint density at radius 1 is 1.64 bits per heavy atom. The predicted molar refractivity (Wildman–Crippen MR) is 55.5 cm³/mol. The first-order chi connectivity index (χ1) is 6.83. The van der Waals surface area contributed by atoms with E-state index in [1.165, 1.54) is 0 Å². The normalized spacial score (nSPS) is 15.5. The number of hydrogen-bond donors (Lipinski definition) is 1. The van der Waals surface area contributed by atoms with E-state index in [1.54, 1.807) is 17.0 Å². The molecule has 0 aromatic carbocycles. The molecule has 14 heavy (non-hydrogen) atoms. The van der Waals surface area contributed by atoms with Crippen molar-refractivity contribution in [3.05, 3.63) is 22.7 Å². The van der Waals surface area contributed by atoms with E-state index in [0.29, 0.717) is 11.9 Å². The van der Waals surface area contributed by atoms with Crippen molar-refractivity contribution in [2.75, 3.05) is 11.9 Å². The molecule has 0 amide bonds. The van der Waals surface area contributed by atoms with Crippen LogP contribution in [-0.4, -0.2) is 16.1 Å². The van der Waals surface area contributed by atoms with Gasteiger partial charge in [0, 0.05) is 25.0 Å². The summed E-state index contributed by atoms with van der Waals surface area (Å²) >= 11 is 0. The first kappa shape index (κ1) is 9.24. The third-order valence-electron chi connectivity index (χ3n) is 2.35. The largest absolute Gasteiger partial charge is 0.365 e. The topological polar surface area (TPSA) is 46.9 Å². The Kier molecular flexibility index (Phi) is 2.52. The Morgan fingerprint density at radius 2 is 2.43 bits per heavy atom. The van der Waals surface area contributed by atoms with Gasteiger partial charge < -0.3 is 9.88 Å². The van der Waals surface area contributed by atoms with Crippen LogP contribution in [0.25, 0.3) is 0 Å². The highest BCUT2D eigenvalue weighted by molar-refractivity contribution is 5.30. The highest BCUT2D eigenvalue weighted by Gasteiger charge is 2.24. The van der Waals surface area contributed by atoms with Crippen molar-refractivity contribution in [3.8, 4) is 0 Å². The molecule has 2 rings (SSSR count). The number of hydrogen-bond acceptors (Lipinski definition) is 3. The van der Waals surface area contributed by atoms with Gasteiger partial charge in [0.15, 0.2) is 5.82 Å².